The summed E-state index contributed by atoms with van der Waals surface area (Å²) in [5, 5.41) is 4.27. The van der Waals surface area contributed by atoms with Crippen LogP contribution in [0.1, 0.15) is 23.1 Å². The first-order chi connectivity index (χ1) is 14.3. The number of rotatable bonds is 5. The lowest BCUT2D eigenvalue weighted by Crippen LogP contribution is -2.54. The smallest absolute Gasteiger partial charge is 0.230 e. The van der Waals surface area contributed by atoms with Gasteiger partial charge >= 0.3 is 0 Å². The van der Waals surface area contributed by atoms with Crippen LogP contribution in [0.3, 0.4) is 0 Å². The van der Waals surface area contributed by atoms with E-state index in [9.17, 15) is 4.79 Å². The second kappa shape index (κ2) is 7.54. The second-order valence-corrected chi connectivity index (χ2v) is 8.67. The van der Waals surface area contributed by atoms with Gasteiger partial charge in [0.25, 0.3) is 0 Å². The molecule has 0 spiro atoms. The molecule has 1 N–H and O–H groups in total. The van der Waals surface area contributed by atoms with Crippen LogP contribution >= 0.6 is 11.8 Å². The van der Waals surface area contributed by atoms with Crippen LogP contribution in [0.25, 0.3) is 0 Å². The van der Waals surface area contributed by atoms with Crippen molar-refractivity contribution < 1.29 is 4.79 Å². The zero-order valence-corrected chi connectivity index (χ0v) is 16.8. The fourth-order valence-electron chi connectivity index (χ4n) is 4.19. The number of thioether (sulfide) groups is 1. The van der Waals surface area contributed by atoms with E-state index in [-0.39, 0.29) is 16.7 Å². The van der Waals surface area contributed by atoms with E-state index >= 15 is 0 Å². The number of nitrogens with one attached hydrogen (secondary N) is 1. The molecule has 3 nitrogen and oxygen atoms in total. The van der Waals surface area contributed by atoms with Crippen LogP contribution in [-0.2, 0) is 10.3 Å². The van der Waals surface area contributed by atoms with Crippen LogP contribution < -0.4 is 5.32 Å². The molecule has 29 heavy (non-hydrogen) atoms. The molecule has 0 aromatic heterocycles. The van der Waals surface area contributed by atoms with E-state index in [1.807, 2.05) is 11.1 Å². The quantitative estimate of drug-likeness (QED) is 0.499. The minimum Gasteiger partial charge on any atom is -0.306 e. The zero-order chi connectivity index (χ0) is 19.7. The topological polar surface area (TPSA) is 32.3 Å². The third kappa shape index (κ3) is 3.18. The molecule has 4 heteroatoms. The highest BCUT2D eigenvalue weighted by molar-refractivity contribution is 8.00. The molecule has 2 heterocycles. The van der Waals surface area contributed by atoms with E-state index in [1.54, 1.807) is 11.8 Å². The summed E-state index contributed by atoms with van der Waals surface area (Å²) in [6, 6.07) is 31.8. The highest BCUT2D eigenvalue weighted by Crippen LogP contribution is 2.42. The molecule has 0 bridgehead atoms. The predicted molar refractivity (Wildman–Crippen MR) is 118 cm³/mol. The van der Waals surface area contributed by atoms with Gasteiger partial charge in [-0.15, -0.1) is 11.8 Å². The highest BCUT2D eigenvalue weighted by Gasteiger charge is 2.43. The molecule has 5 rings (SSSR count). The zero-order valence-electron chi connectivity index (χ0n) is 15.9. The normalized spacial score (nSPS) is 20.8. The maximum Gasteiger partial charge on any atom is 0.230 e. The largest absolute Gasteiger partial charge is 0.306 e. The number of β-lactam (4-membered cyclic amide) rings is 1. The Hall–Kier alpha value is -2.82. The average Bonchev–Trinajstić information content (AvgIpc) is 2.78. The first kappa shape index (κ1) is 18.2. The van der Waals surface area contributed by atoms with Crippen LogP contribution in [0.2, 0.25) is 0 Å². The Morgan fingerprint density at radius 2 is 1.28 bits per heavy atom. The van der Waals surface area contributed by atoms with Gasteiger partial charge in [0, 0.05) is 6.20 Å². The van der Waals surface area contributed by atoms with E-state index in [0.717, 1.165) is 0 Å². The molecule has 3 aromatic rings. The van der Waals surface area contributed by atoms with Gasteiger partial charge in [0.1, 0.15) is 0 Å². The Bertz CT molecular complexity index is 924. The van der Waals surface area contributed by atoms with Crippen LogP contribution in [0.4, 0.5) is 0 Å². The molecular formula is C25H22N2OS. The molecule has 3 aromatic carbocycles. The van der Waals surface area contributed by atoms with Gasteiger partial charge in [-0.3, -0.25) is 10.1 Å². The molecule has 2 atom stereocenters. The van der Waals surface area contributed by atoms with Crippen molar-refractivity contribution in [2.24, 2.45) is 0 Å². The Labute approximate surface area is 175 Å². The first-order valence-electron chi connectivity index (χ1n) is 9.86. The summed E-state index contributed by atoms with van der Waals surface area (Å²) in [4.78, 5) is 13.6. The summed E-state index contributed by atoms with van der Waals surface area (Å²) in [6.45, 7) is 0. The number of nitrogens with zero attached hydrogens (tertiary/aromatic N) is 1. The van der Waals surface area contributed by atoms with Crippen molar-refractivity contribution in [2.45, 2.75) is 22.7 Å². The number of fused-ring (bicyclic) bond motifs is 1. The van der Waals surface area contributed by atoms with Gasteiger partial charge in [-0.1, -0.05) is 91.0 Å². The van der Waals surface area contributed by atoms with Gasteiger partial charge < -0.3 is 4.90 Å². The maximum absolute atomic E-state index is 11.8. The van der Waals surface area contributed by atoms with Gasteiger partial charge in [0.05, 0.1) is 22.7 Å². The van der Waals surface area contributed by atoms with Gasteiger partial charge in [0.15, 0.2) is 0 Å². The highest BCUT2D eigenvalue weighted by atomic mass is 32.2. The number of hydrogen-bond donors (Lipinski definition) is 1. The minimum atomic E-state index is -0.498. The Kier molecular flexibility index (Phi) is 4.74. The Morgan fingerprint density at radius 3 is 1.69 bits per heavy atom. The lowest BCUT2D eigenvalue weighted by molar-refractivity contribution is -0.137. The number of carbonyl (C=O) groups is 1. The van der Waals surface area contributed by atoms with Crippen LogP contribution in [0, 0.1) is 0 Å². The SMILES string of the molecule is O=C1C[C@H]2SC(NC(c3ccccc3)(c3ccccc3)c3ccccc3)C=CN12. The average molecular weight is 399 g/mol. The van der Waals surface area contributed by atoms with Crippen molar-refractivity contribution in [3.63, 3.8) is 0 Å². The monoisotopic (exact) mass is 398 g/mol. The molecule has 0 saturated carbocycles. The Morgan fingerprint density at radius 1 is 0.793 bits per heavy atom. The van der Waals surface area contributed by atoms with Crippen molar-refractivity contribution in [1.82, 2.24) is 10.2 Å². The van der Waals surface area contributed by atoms with Crippen molar-refractivity contribution in [3.8, 4) is 0 Å². The van der Waals surface area contributed by atoms with Crippen molar-refractivity contribution >= 4 is 17.7 Å². The fraction of sp³-hybridized carbons (Fsp3) is 0.160. The molecule has 1 unspecified atom stereocenters. The van der Waals surface area contributed by atoms with Crippen LogP contribution in [0.5, 0.6) is 0 Å². The van der Waals surface area contributed by atoms with Gasteiger partial charge in [-0.05, 0) is 22.8 Å². The molecule has 0 aliphatic carbocycles. The Balaban J connectivity index is 1.65. The summed E-state index contributed by atoms with van der Waals surface area (Å²) in [5.74, 6) is 0.206. The van der Waals surface area contributed by atoms with E-state index in [1.165, 1.54) is 16.7 Å². The standard InChI is InChI=1S/C25H22N2OS/c28-23-18-24-27(23)17-16-22(29-24)26-25(19-10-4-1-5-11-19,20-12-6-2-7-13-20)21-14-8-3-9-15-21/h1-17,22,24,26H,18H2/t22?,24-/m1/s1. The second-order valence-electron chi connectivity index (χ2n) is 7.35. The van der Waals surface area contributed by atoms with Crippen LogP contribution in [-0.4, -0.2) is 21.6 Å². The molecule has 1 fully saturated rings. The number of carbonyl (C=O) groups excluding carboxylic acids is 1. The van der Waals surface area contributed by atoms with Crippen molar-refractivity contribution in [3.05, 3.63) is 120 Å². The lowest BCUT2D eigenvalue weighted by atomic mass is 9.77. The summed E-state index contributed by atoms with van der Waals surface area (Å²) < 4.78 is 0. The first-order valence-corrected chi connectivity index (χ1v) is 10.8. The molecule has 2 aliphatic heterocycles. The predicted octanol–water partition coefficient (Wildman–Crippen LogP) is 4.71. The number of hydrogen-bond acceptors (Lipinski definition) is 3. The molecular weight excluding hydrogens is 376 g/mol. The van der Waals surface area contributed by atoms with Gasteiger partial charge in [-0.2, -0.15) is 0 Å². The number of amides is 1. The van der Waals surface area contributed by atoms with Crippen LogP contribution in [0.15, 0.2) is 103 Å². The van der Waals surface area contributed by atoms with E-state index < -0.39 is 5.54 Å². The molecule has 0 radical (unpaired) electrons. The lowest BCUT2D eigenvalue weighted by Gasteiger charge is -2.45. The molecule has 144 valence electrons. The molecule has 1 saturated heterocycles. The third-order valence-electron chi connectivity index (χ3n) is 5.65. The summed E-state index contributed by atoms with van der Waals surface area (Å²) in [6.07, 6.45) is 4.65. The van der Waals surface area contributed by atoms with E-state index in [0.29, 0.717) is 6.42 Å². The molecule has 1 amide bonds. The van der Waals surface area contributed by atoms with E-state index in [4.69, 9.17) is 0 Å². The van der Waals surface area contributed by atoms with Gasteiger partial charge in [-0.25, -0.2) is 0 Å². The summed E-state index contributed by atoms with van der Waals surface area (Å²) in [7, 11) is 0. The maximum atomic E-state index is 11.8. The van der Waals surface area contributed by atoms with E-state index in [2.05, 4.69) is 102 Å². The van der Waals surface area contributed by atoms with Crippen molar-refractivity contribution in [1.29, 1.82) is 0 Å². The van der Waals surface area contributed by atoms with Crippen molar-refractivity contribution in [2.75, 3.05) is 0 Å². The fourth-order valence-corrected chi connectivity index (χ4v) is 5.49. The summed E-state index contributed by atoms with van der Waals surface area (Å²) >= 11 is 1.80. The minimum absolute atomic E-state index is 0.0879. The third-order valence-corrected chi connectivity index (χ3v) is 6.93. The summed E-state index contributed by atoms with van der Waals surface area (Å²) in [5.41, 5.74) is 3.08. The molecule has 2 aliphatic rings. The number of benzene rings is 3. The van der Waals surface area contributed by atoms with Gasteiger partial charge in [0.2, 0.25) is 5.91 Å².